The second kappa shape index (κ2) is 9.13. The van der Waals surface area contributed by atoms with E-state index in [4.69, 9.17) is 14.2 Å². The largest absolute Gasteiger partial charge is 0.328 e. The van der Waals surface area contributed by atoms with Crippen molar-refractivity contribution in [3.63, 3.8) is 0 Å². The van der Waals surface area contributed by atoms with E-state index in [0.29, 0.717) is 25.6 Å². The van der Waals surface area contributed by atoms with Crippen molar-refractivity contribution in [3.8, 4) is 0 Å². The summed E-state index contributed by atoms with van der Waals surface area (Å²) in [6, 6.07) is 0. The summed E-state index contributed by atoms with van der Waals surface area (Å²) >= 11 is 1.39. The maximum absolute atomic E-state index is 12.3. The monoisotopic (exact) mass is 318 g/mol. The van der Waals surface area contributed by atoms with Crippen molar-refractivity contribution in [1.29, 1.82) is 0 Å². The van der Waals surface area contributed by atoms with Crippen molar-refractivity contribution in [1.82, 2.24) is 0 Å². The quantitative estimate of drug-likeness (QED) is 0.636. The van der Waals surface area contributed by atoms with E-state index in [-0.39, 0.29) is 17.1 Å². The zero-order chi connectivity index (χ0) is 15.9. The predicted molar refractivity (Wildman–Crippen MR) is 86.2 cm³/mol. The fourth-order valence-electron chi connectivity index (χ4n) is 2.78. The first kappa shape index (κ1) is 18.9. The summed E-state index contributed by atoms with van der Waals surface area (Å²) in [4.78, 5) is 12.3. The average Bonchev–Trinajstić information content (AvgIpc) is 2.39. The van der Waals surface area contributed by atoms with Gasteiger partial charge in [0, 0.05) is 19.6 Å². The number of rotatable bonds is 8. The molecule has 0 aromatic heterocycles. The molecule has 1 aliphatic heterocycles. The topological polar surface area (TPSA) is 44.8 Å². The van der Waals surface area contributed by atoms with Crippen molar-refractivity contribution in [2.24, 2.45) is 11.8 Å². The van der Waals surface area contributed by atoms with E-state index in [2.05, 4.69) is 13.8 Å². The first-order valence-electron chi connectivity index (χ1n) is 8.10. The van der Waals surface area contributed by atoms with Gasteiger partial charge >= 0.3 is 0 Å². The lowest BCUT2D eigenvalue weighted by atomic mass is 9.88. The summed E-state index contributed by atoms with van der Waals surface area (Å²) in [5.74, 6) is 0.269. The van der Waals surface area contributed by atoms with Gasteiger partial charge in [0.25, 0.3) is 5.97 Å². The van der Waals surface area contributed by atoms with Crippen molar-refractivity contribution in [2.75, 3.05) is 19.0 Å². The Balaban J connectivity index is 2.85. The van der Waals surface area contributed by atoms with Gasteiger partial charge in [0.05, 0.1) is 12.0 Å². The molecule has 4 nitrogen and oxygen atoms in total. The normalized spacial score (nSPS) is 25.2. The van der Waals surface area contributed by atoms with Crippen LogP contribution in [0.5, 0.6) is 0 Å². The highest BCUT2D eigenvalue weighted by Crippen LogP contribution is 2.39. The van der Waals surface area contributed by atoms with Gasteiger partial charge in [0.2, 0.25) is 0 Å². The molecule has 5 heteroatoms. The molecule has 0 aromatic rings. The van der Waals surface area contributed by atoms with Crippen LogP contribution < -0.4 is 0 Å². The van der Waals surface area contributed by atoms with E-state index >= 15 is 0 Å². The molecule has 0 saturated carbocycles. The predicted octanol–water partition coefficient (Wildman–Crippen LogP) is 3.83. The number of carbonyl (C=O) groups is 1. The van der Waals surface area contributed by atoms with Crippen LogP contribution in [0.2, 0.25) is 0 Å². The summed E-state index contributed by atoms with van der Waals surface area (Å²) in [5, 5.41) is 0.241. The summed E-state index contributed by atoms with van der Waals surface area (Å²) in [7, 11) is 0. The van der Waals surface area contributed by atoms with E-state index in [1.165, 1.54) is 11.8 Å². The van der Waals surface area contributed by atoms with Crippen LogP contribution in [0.3, 0.4) is 0 Å². The van der Waals surface area contributed by atoms with Crippen molar-refractivity contribution < 1.29 is 19.0 Å². The van der Waals surface area contributed by atoms with Gasteiger partial charge in [-0.05, 0) is 38.4 Å². The molecule has 0 aliphatic carbocycles. The first-order chi connectivity index (χ1) is 9.98. The van der Waals surface area contributed by atoms with Crippen molar-refractivity contribution in [2.45, 2.75) is 66.0 Å². The van der Waals surface area contributed by atoms with Crippen LogP contribution in [-0.2, 0) is 19.0 Å². The fourth-order valence-corrected chi connectivity index (χ4v) is 3.55. The van der Waals surface area contributed by atoms with E-state index in [9.17, 15) is 4.79 Å². The molecule has 0 spiro atoms. The smallest absolute Gasteiger partial charge is 0.283 e. The number of carbonyl (C=O) groups excluding carboxylic acids is 1. The Kier molecular flexibility index (Phi) is 8.24. The molecule has 0 unspecified atom stereocenters. The zero-order valence-electron chi connectivity index (χ0n) is 14.0. The summed E-state index contributed by atoms with van der Waals surface area (Å²) in [5.41, 5.74) is 0. The van der Waals surface area contributed by atoms with Crippen LogP contribution >= 0.6 is 11.8 Å². The number of hydrogen-bond donors (Lipinski definition) is 0. The van der Waals surface area contributed by atoms with Crippen molar-refractivity contribution >= 4 is 16.9 Å². The summed E-state index contributed by atoms with van der Waals surface area (Å²) < 4.78 is 17.7. The SMILES string of the molecule is CCOC1(OCC)CC[C@H](C(=O)SCC)[C@H](CC(C)C)O1. The summed E-state index contributed by atoms with van der Waals surface area (Å²) in [6.45, 7) is 11.3. The molecule has 0 N–H and O–H groups in total. The number of ether oxygens (including phenoxy) is 3. The minimum atomic E-state index is -0.962. The van der Waals surface area contributed by atoms with Crippen LogP contribution in [0, 0.1) is 11.8 Å². The van der Waals surface area contributed by atoms with Gasteiger partial charge in [-0.15, -0.1) is 0 Å². The Bertz CT molecular complexity index is 313. The van der Waals surface area contributed by atoms with Gasteiger partial charge in [-0.25, -0.2) is 0 Å². The number of hydrogen-bond acceptors (Lipinski definition) is 5. The van der Waals surface area contributed by atoms with Crippen LogP contribution in [0.25, 0.3) is 0 Å². The van der Waals surface area contributed by atoms with Gasteiger partial charge in [0.1, 0.15) is 0 Å². The third-order valence-electron chi connectivity index (χ3n) is 3.56. The highest BCUT2D eigenvalue weighted by molar-refractivity contribution is 8.13. The van der Waals surface area contributed by atoms with Crippen molar-refractivity contribution in [3.05, 3.63) is 0 Å². The van der Waals surface area contributed by atoms with Gasteiger partial charge in [-0.3, -0.25) is 4.79 Å². The molecule has 1 fully saturated rings. The standard InChI is InChI=1S/C16H30O4S/c1-6-18-16(19-7-2)10-9-13(15(17)21-8-3)14(20-16)11-12(4)5/h12-14H,6-11H2,1-5H3/t13-,14-/m0/s1. The molecule has 1 saturated heterocycles. The third-order valence-corrected chi connectivity index (χ3v) is 4.44. The van der Waals surface area contributed by atoms with E-state index < -0.39 is 5.97 Å². The molecule has 21 heavy (non-hydrogen) atoms. The van der Waals surface area contributed by atoms with E-state index in [0.717, 1.165) is 18.6 Å². The van der Waals surface area contributed by atoms with E-state index in [1.54, 1.807) is 0 Å². The van der Waals surface area contributed by atoms with Crippen LogP contribution in [0.4, 0.5) is 0 Å². The van der Waals surface area contributed by atoms with Gasteiger partial charge < -0.3 is 14.2 Å². The molecular weight excluding hydrogens is 288 g/mol. The molecule has 1 aliphatic rings. The van der Waals surface area contributed by atoms with Crippen LogP contribution in [0.15, 0.2) is 0 Å². The minimum Gasteiger partial charge on any atom is -0.328 e. The minimum absolute atomic E-state index is 0.0496. The fraction of sp³-hybridized carbons (Fsp3) is 0.938. The second-order valence-electron chi connectivity index (χ2n) is 5.73. The van der Waals surface area contributed by atoms with Crippen LogP contribution in [0.1, 0.15) is 53.9 Å². The molecule has 0 radical (unpaired) electrons. The molecule has 0 bridgehead atoms. The lowest BCUT2D eigenvalue weighted by molar-refractivity contribution is -0.410. The maximum atomic E-state index is 12.3. The molecule has 1 heterocycles. The molecule has 124 valence electrons. The lowest BCUT2D eigenvalue weighted by Crippen LogP contribution is -2.50. The Labute approximate surface area is 133 Å². The Hall–Kier alpha value is -0.100. The molecular formula is C16H30O4S. The number of thioether (sulfide) groups is 1. The van der Waals surface area contributed by atoms with Crippen LogP contribution in [-0.4, -0.2) is 36.2 Å². The van der Waals surface area contributed by atoms with Gasteiger partial charge in [-0.1, -0.05) is 32.5 Å². The Morgan fingerprint density at radius 1 is 1.29 bits per heavy atom. The maximum Gasteiger partial charge on any atom is 0.283 e. The molecule has 1 rings (SSSR count). The first-order valence-corrected chi connectivity index (χ1v) is 9.08. The third kappa shape index (κ3) is 5.55. The summed E-state index contributed by atoms with van der Waals surface area (Å²) in [6.07, 6.45) is 2.11. The van der Waals surface area contributed by atoms with E-state index in [1.807, 2.05) is 20.8 Å². The molecule has 2 atom stereocenters. The molecule has 0 amide bonds. The zero-order valence-corrected chi connectivity index (χ0v) is 14.8. The highest BCUT2D eigenvalue weighted by Gasteiger charge is 2.45. The van der Waals surface area contributed by atoms with Gasteiger partial charge in [0.15, 0.2) is 5.12 Å². The highest BCUT2D eigenvalue weighted by atomic mass is 32.2. The Morgan fingerprint density at radius 2 is 1.90 bits per heavy atom. The molecule has 0 aromatic carbocycles. The average molecular weight is 318 g/mol. The second-order valence-corrected chi connectivity index (χ2v) is 7.00. The Morgan fingerprint density at radius 3 is 2.38 bits per heavy atom. The van der Waals surface area contributed by atoms with Gasteiger partial charge in [-0.2, -0.15) is 0 Å². The lowest BCUT2D eigenvalue weighted by Gasteiger charge is -2.43.